The van der Waals surface area contributed by atoms with Gasteiger partial charge in [-0.3, -0.25) is 5.41 Å². The molecule has 1 aromatic rings. The van der Waals surface area contributed by atoms with Crippen LogP contribution in [0.5, 0.6) is 0 Å². The van der Waals surface area contributed by atoms with Crippen LogP contribution >= 0.6 is 22.6 Å². The van der Waals surface area contributed by atoms with E-state index in [0.717, 1.165) is 6.54 Å². The Hall–Kier alpha value is -0.580. The van der Waals surface area contributed by atoms with Crippen molar-refractivity contribution >= 4 is 28.4 Å². The molecule has 0 spiro atoms. The quantitative estimate of drug-likeness (QED) is 0.490. The summed E-state index contributed by atoms with van der Waals surface area (Å²) in [5, 5.41) is 10.2. The van der Waals surface area contributed by atoms with Gasteiger partial charge >= 0.3 is 0 Å². The minimum absolute atomic E-state index is 0.510. The van der Waals surface area contributed by atoms with Crippen LogP contribution in [0, 0.1) is 15.9 Å². The monoisotopic (exact) mass is 288 g/mol. The van der Waals surface area contributed by atoms with Crippen molar-refractivity contribution in [2.24, 2.45) is 0 Å². The van der Waals surface area contributed by atoms with Crippen molar-refractivity contribution in [3.05, 3.63) is 32.9 Å². The summed E-state index contributed by atoms with van der Waals surface area (Å²) in [6.45, 7) is 4.59. The molecule has 0 aliphatic heterocycles. The highest BCUT2D eigenvalue weighted by Gasteiger charge is 1.96. The van der Waals surface area contributed by atoms with Crippen molar-refractivity contribution in [1.29, 1.82) is 5.41 Å². The van der Waals surface area contributed by atoms with Crippen LogP contribution in [0.15, 0.2) is 18.2 Å². The molecule has 0 fully saturated rings. The van der Waals surface area contributed by atoms with Gasteiger partial charge in [0.2, 0.25) is 0 Å². The van der Waals surface area contributed by atoms with E-state index < -0.39 is 0 Å². The van der Waals surface area contributed by atoms with Gasteiger partial charge in [0.25, 0.3) is 0 Å². The van der Waals surface area contributed by atoms with Gasteiger partial charge in [-0.2, -0.15) is 0 Å². The second kappa shape index (κ2) is 4.60. The minimum atomic E-state index is 0.510. The van der Waals surface area contributed by atoms with Gasteiger partial charge in [0.15, 0.2) is 0 Å². The maximum atomic E-state index is 7.23. The van der Waals surface area contributed by atoms with Crippen LogP contribution in [0.2, 0.25) is 0 Å². The Morgan fingerprint density at radius 1 is 1.54 bits per heavy atom. The van der Waals surface area contributed by atoms with E-state index >= 15 is 0 Å². The summed E-state index contributed by atoms with van der Waals surface area (Å²) in [6.07, 6.45) is 0. The average Bonchev–Trinajstić information content (AvgIpc) is 2.07. The van der Waals surface area contributed by atoms with E-state index in [1.807, 2.05) is 0 Å². The molecule has 0 heterocycles. The summed E-state index contributed by atoms with van der Waals surface area (Å²) < 4.78 is 1.28. The molecule has 2 N–H and O–H groups in total. The van der Waals surface area contributed by atoms with Crippen molar-refractivity contribution in [1.82, 2.24) is 5.32 Å². The summed E-state index contributed by atoms with van der Waals surface area (Å²) in [4.78, 5) is 0. The van der Waals surface area contributed by atoms with Crippen molar-refractivity contribution < 1.29 is 0 Å². The molecule has 1 rings (SSSR count). The lowest BCUT2D eigenvalue weighted by molar-refractivity contribution is 0.900. The van der Waals surface area contributed by atoms with E-state index in [2.05, 4.69) is 53.0 Å². The van der Waals surface area contributed by atoms with Gasteiger partial charge in [-0.1, -0.05) is 12.1 Å². The molecule has 0 aliphatic carbocycles. The first-order chi connectivity index (χ1) is 6.09. The summed E-state index contributed by atoms with van der Waals surface area (Å²) >= 11 is 2.33. The van der Waals surface area contributed by atoms with Crippen molar-refractivity contribution in [3.63, 3.8) is 0 Å². The summed E-state index contributed by atoms with van der Waals surface area (Å²) in [6, 6.07) is 6.34. The van der Waals surface area contributed by atoms with Crippen LogP contribution in [0.1, 0.15) is 18.1 Å². The molecule has 0 unspecified atom stereocenters. The lowest BCUT2D eigenvalue weighted by atomic mass is 10.1. The van der Waals surface area contributed by atoms with Crippen molar-refractivity contribution in [2.45, 2.75) is 20.4 Å². The Morgan fingerprint density at radius 2 is 2.23 bits per heavy atom. The minimum Gasteiger partial charge on any atom is -0.370 e. The maximum Gasteiger partial charge on any atom is 0.0902 e. The predicted octanol–water partition coefficient (Wildman–Crippen LogP) is 2.69. The number of amidine groups is 1. The zero-order chi connectivity index (χ0) is 9.84. The number of hydrogen-bond acceptors (Lipinski definition) is 1. The van der Waals surface area contributed by atoms with Crippen LogP contribution in [0.25, 0.3) is 0 Å². The molecule has 0 saturated heterocycles. The van der Waals surface area contributed by atoms with Gasteiger partial charge in [0.1, 0.15) is 0 Å². The van der Waals surface area contributed by atoms with E-state index in [1.54, 1.807) is 6.92 Å². The molecule has 0 bridgehead atoms. The van der Waals surface area contributed by atoms with Gasteiger partial charge in [0.05, 0.1) is 5.84 Å². The summed E-state index contributed by atoms with van der Waals surface area (Å²) in [5.74, 6) is 0.510. The van der Waals surface area contributed by atoms with Gasteiger partial charge in [-0.15, -0.1) is 0 Å². The topological polar surface area (TPSA) is 35.9 Å². The number of nitrogens with one attached hydrogen (secondary N) is 2. The van der Waals surface area contributed by atoms with Gasteiger partial charge < -0.3 is 5.32 Å². The van der Waals surface area contributed by atoms with E-state index in [1.165, 1.54) is 14.7 Å². The molecule has 3 heteroatoms. The highest BCUT2D eigenvalue weighted by molar-refractivity contribution is 14.1. The molecule has 2 nitrogen and oxygen atoms in total. The number of halogens is 1. The Bertz CT molecular complexity index is 321. The Labute approximate surface area is 92.4 Å². The largest absolute Gasteiger partial charge is 0.370 e. The third-order valence-corrected chi connectivity index (χ3v) is 2.96. The molecule has 0 aliphatic rings. The number of aryl methyl sites for hydroxylation is 1. The van der Waals surface area contributed by atoms with Crippen molar-refractivity contribution in [2.75, 3.05) is 0 Å². The normalized spacial score (nSPS) is 9.77. The Balaban J connectivity index is 2.68. The van der Waals surface area contributed by atoms with Crippen LogP contribution in [0.4, 0.5) is 0 Å². The van der Waals surface area contributed by atoms with Gasteiger partial charge in [-0.25, -0.2) is 0 Å². The molecule has 1 aromatic carbocycles. The number of rotatable bonds is 2. The Morgan fingerprint density at radius 3 is 2.77 bits per heavy atom. The highest BCUT2D eigenvalue weighted by atomic mass is 127. The SMILES string of the molecule is CC(=N)NCc1ccc(C)c(I)c1. The zero-order valence-corrected chi connectivity index (χ0v) is 9.97. The van der Waals surface area contributed by atoms with Crippen LogP contribution in [-0.4, -0.2) is 5.84 Å². The smallest absolute Gasteiger partial charge is 0.0902 e. The second-order valence-electron chi connectivity index (χ2n) is 3.06. The van der Waals surface area contributed by atoms with E-state index in [0.29, 0.717) is 5.84 Å². The molecule has 0 saturated carbocycles. The van der Waals surface area contributed by atoms with Crippen molar-refractivity contribution in [3.8, 4) is 0 Å². The lowest BCUT2D eigenvalue weighted by Crippen LogP contribution is -2.18. The third-order valence-electron chi connectivity index (χ3n) is 1.79. The average molecular weight is 288 g/mol. The van der Waals surface area contributed by atoms with Crippen LogP contribution in [0.3, 0.4) is 0 Å². The van der Waals surface area contributed by atoms with Gasteiger partial charge in [-0.05, 0) is 53.6 Å². The molecular formula is C10H13IN2. The fourth-order valence-corrected chi connectivity index (χ4v) is 1.56. The van der Waals surface area contributed by atoms with E-state index in [4.69, 9.17) is 5.41 Å². The fraction of sp³-hybridized carbons (Fsp3) is 0.300. The molecular weight excluding hydrogens is 275 g/mol. The zero-order valence-electron chi connectivity index (χ0n) is 7.82. The molecule has 0 radical (unpaired) electrons. The first-order valence-electron chi connectivity index (χ1n) is 4.13. The molecule has 0 amide bonds. The summed E-state index contributed by atoms with van der Waals surface area (Å²) in [7, 11) is 0. The van der Waals surface area contributed by atoms with E-state index in [9.17, 15) is 0 Å². The van der Waals surface area contributed by atoms with Crippen LogP contribution in [-0.2, 0) is 6.54 Å². The Kier molecular flexibility index (Phi) is 3.71. The third kappa shape index (κ3) is 3.34. The van der Waals surface area contributed by atoms with E-state index in [-0.39, 0.29) is 0 Å². The second-order valence-corrected chi connectivity index (χ2v) is 4.22. The first-order valence-corrected chi connectivity index (χ1v) is 5.21. The standard InChI is InChI=1S/C10H13IN2/c1-7-3-4-9(5-10(7)11)6-13-8(2)12/h3-5H,6H2,1-2H3,(H2,12,13). The summed E-state index contributed by atoms with van der Waals surface area (Å²) in [5.41, 5.74) is 2.53. The molecule has 0 aromatic heterocycles. The predicted molar refractivity (Wildman–Crippen MR) is 64.1 cm³/mol. The highest BCUT2D eigenvalue weighted by Crippen LogP contribution is 2.13. The fourth-order valence-electron chi connectivity index (χ4n) is 0.981. The molecule has 13 heavy (non-hydrogen) atoms. The molecule has 70 valence electrons. The number of hydrogen-bond donors (Lipinski definition) is 2. The first kappa shape index (κ1) is 10.5. The van der Waals surface area contributed by atoms with Crippen LogP contribution < -0.4 is 5.32 Å². The maximum absolute atomic E-state index is 7.23. The van der Waals surface area contributed by atoms with Gasteiger partial charge in [0, 0.05) is 10.1 Å². The lowest BCUT2D eigenvalue weighted by Gasteiger charge is -2.05. The number of benzene rings is 1. The molecule has 0 atom stereocenters.